The van der Waals surface area contributed by atoms with E-state index < -0.39 is 11.6 Å². The van der Waals surface area contributed by atoms with E-state index in [9.17, 15) is 9.90 Å². The predicted octanol–water partition coefficient (Wildman–Crippen LogP) is 4.04. The van der Waals surface area contributed by atoms with Crippen molar-refractivity contribution in [1.82, 2.24) is 25.0 Å². The Morgan fingerprint density at radius 2 is 1.88 bits per heavy atom. The van der Waals surface area contributed by atoms with Crippen molar-refractivity contribution >= 4 is 16.9 Å². The molecule has 0 saturated carbocycles. The average molecular weight is 448 g/mol. The summed E-state index contributed by atoms with van der Waals surface area (Å²) in [5.74, 6) is 1.37. The van der Waals surface area contributed by atoms with Crippen LogP contribution in [-0.2, 0) is 13.5 Å². The molecule has 2 heterocycles. The first kappa shape index (κ1) is 22.7. The second-order valence-electron chi connectivity index (χ2n) is 9.21. The first-order valence-corrected chi connectivity index (χ1v) is 10.9. The van der Waals surface area contributed by atoms with Gasteiger partial charge in [-0.1, -0.05) is 35.0 Å². The molecule has 8 heteroatoms. The molecule has 0 fully saturated rings. The first-order chi connectivity index (χ1) is 15.5. The SMILES string of the molecule is Cc1ccc(-c2cc(C(=O)N[C@H](C)c3nc(C)no3)cc3c2nc(CC(C)(C)O)n3C)cc1. The molecular weight excluding hydrogens is 418 g/mol. The van der Waals surface area contributed by atoms with Crippen LogP contribution in [0.3, 0.4) is 0 Å². The number of aliphatic hydroxyl groups is 1. The number of amides is 1. The van der Waals surface area contributed by atoms with Crippen molar-refractivity contribution in [1.29, 1.82) is 0 Å². The summed E-state index contributed by atoms with van der Waals surface area (Å²) in [6.07, 6.45) is 0.389. The molecule has 4 aromatic rings. The minimum Gasteiger partial charge on any atom is -0.390 e. The molecule has 0 unspecified atom stereocenters. The molecule has 1 amide bonds. The Balaban J connectivity index is 1.80. The number of rotatable bonds is 6. The van der Waals surface area contributed by atoms with Crippen LogP contribution in [0.1, 0.15) is 60.3 Å². The lowest BCUT2D eigenvalue weighted by atomic mass is 9.99. The molecule has 33 heavy (non-hydrogen) atoms. The van der Waals surface area contributed by atoms with Gasteiger partial charge in [0, 0.05) is 24.6 Å². The molecule has 0 aliphatic heterocycles. The van der Waals surface area contributed by atoms with Gasteiger partial charge in [-0.25, -0.2) is 4.98 Å². The van der Waals surface area contributed by atoms with Crippen molar-refractivity contribution in [2.24, 2.45) is 7.05 Å². The molecule has 0 bridgehead atoms. The second-order valence-corrected chi connectivity index (χ2v) is 9.21. The van der Waals surface area contributed by atoms with Crippen LogP contribution in [0.15, 0.2) is 40.9 Å². The zero-order valence-corrected chi connectivity index (χ0v) is 19.8. The molecule has 2 N–H and O–H groups in total. The Bertz CT molecular complexity index is 1310. The van der Waals surface area contributed by atoms with Gasteiger partial charge in [0.05, 0.1) is 16.6 Å². The number of imidazole rings is 1. The van der Waals surface area contributed by atoms with Crippen LogP contribution in [0.2, 0.25) is 0 Å². The van der Waals surface area contributed by atoms with E-state index in [2.05, 4.69) is 15.5 Å². The number of fused-ring (bicyclic) bond motifs is 1. The first-order valence-electron chi connectivity index (χ1n) is 10.9. The van der Waals surface area contributed by atoms with Gasteiger partial charge >= 0.3 is 0 Å². The van der Waals surface area contributed by atoms with Gasteiger partial charge in [-0.05, 0) is 52.3 Å². The molecule has 0 saturated heterocycles. The molecule has 8 nitrogen and oxygen atoms in total. The van der Waals surface area contributed by atoms with Crippen LogP contribution in [0, 0.1) is 13.8 Å². The third kappa shape index (κ3) is 4.80. The molecule has 0 aliphatic carbocycles. The van der Waals surface area contributed by atoms with E-state index in [1.54, 1.807) is 27.7 Å². The van der Waals surface area contributed by atoms with Crippen molar-refractivity contribution in [3.05, 3.63) is 65.1 Å². The minimum absolute atomic E-state index is 0.251. The highest BCUT2D eigenvalue weighted by atomic mass is 16.5. The van der Waals surface area contributed by atoms with Gasteiger partial charge in [0.1, 0.15) is 11.9 Å². The van der Waals surface area contributed by atoms with Gasteiger partial charge in [-0.15, -0.1) is 0 Å². The Morgan fingerprint density at radius 3 is 2.48 bits per heavy atom. The third-order valence-corrected chi connectivity index (χ3v) is 5.56. The fourth-order valence-corrected chi connectivity index (χ4v) is 3.80. The van der Waals surface area contributed by atoms with Crippen LogP contribution in [0.4, 0.5) is 0 Å². The zero-order chi connectivity index (χ0) is 23.9. The van der Waals surface area contributed by atoms with E-state index >= 15 is 0 Å². The van der Waals surface area contributed by atoms with Crippen LogP contribution >= 0.6 is 0 Å². The number of carbonyl (C=O) groups is 1. The number of aromatic nitrogens is 4. The molecule has 172 valence electrons. The minimum atomic E-state index is -0.906. The van der Waals surface area contributed by atoms with E-state index in [1.807, 2.05) is 54.9 Å². The van der Waals surface area contributed by atoms with E-state index in [0.717, 1.165) is 33.5 Å². The van der Waals surface area contributed by atoms with Crippen LogP contribution in [0.25, 0.3) is 22.2 Å². The second kappa shape index (κ2) is 8.44. The van der Waals surface area contributed by atoms with Crippen molar-refractivity contribution in [2.45, 2.75) is 52.7 Å². The van der Waals surface area contributed by atoms with E-state index in [1.165, 1.54) is 0 Å². The number of nitrogens with one attached hydrogen (secondary N) is 1. The molecule has 0 aliphatic rings. The van der Waals surface area contributed by atoms with Gasteiger partial charge in [-0.3, -0.25) is 4.79 Å². The summed E-state index contributed by atoms with van der Waals surface area (Å²) in [4.78, 5) is 22.2. The maximum absolute atomic E-state index is 13.2. The standard InChI is InChI=1S/C25H29N5O3/c1-14-7-9-17(10-8-14)19-11-18(23(31)26-15(2)24-27-16(3)29-33-24)12-20-22(19)28-21(30(20)6)13-25(4,5)32/h7-12,15,32H,13H2,1-6H3,(H,26,31)/t15-/m1/s1. The van der Waals surface area contributed by atoms with Gasteiger partial charge < -0.3 is 19.5 Å². The third-order valence-electron chi connectivity index (χ3n) is 5.56. The number of carbonyl (C=O) groups excluding carboxylic acids is 1. The maximum atomic E-state index is 13.2. The normalized spacial score (nSPS) is 12.8. The Hall–Kier alpha value is -3.52. The Morgan fingerprint density at radius 1 is 1.18 bits per heavy atom. The predicted molar refractivity (Wildman–Crippen MR) is 126 cm³/mol. The summed E-state index contributed by atoms with van der Waals surface area (Å²) < 4.78 is 7.13. The lowest BCUT2D eigenvalue weighted by Gasteiger charge is -2.16. The van der Waals surface area contributed by atoms with E-state index in [0.29, 0.717) is 23.7 Å². The zero-order valence-electron chi connectivity index (χ0n) is 19.8. The van der Waals surface area contributed by atoms with Crippen molar-refractivity contribution in [2.75, 3.05) is 0 Å². The van der Waals surface area contributed by atoms with Crippen LogP contribution in [-0.4, -0.2) is 36.3 Å². The summed E-state index contributed by atoms with van der Waals surface area (Å²) in [6.45, 7) is 9.08. The van der Waals surface area contributed by atoms with Crippen molar-refractivity contribution < 1.29 is 14.4 Å². The molecular formula is C25H29N5O3. The summed E-state index contributed by atoms with van der Waals surface area (Å²) in [5, 5.41) is 17.1. The number of nitrogens with zero attached hydrogens (tertiary/aromatic N) is 4. The van der Waals surface area contributed by atoms with Crippen molar-refractivity contribution in [3.8, 4) is 11.1 Å². The summed E-state index contributed by atoms with van der Waals surface area (Å²) in [5.41, 5.74) is 4.17. The van der Waals surface area contributed by atoms with Gasteiger partial charge in [0.15, 0.2) is 5.82 Å². The monoisotopic (exact) mass is 447 g/mol. The van der Waals surface area contributed by atoms with Crippen LogP contribution < -0.4 is 5.32 Å². The van der Waals surface area contributed by atoms with Gasteiger partial charge in [0.25, 0.3) is 5.91 Å². The topological polar surface area (TPSA) is 106 Å². The lowest BCUT2D eigenvalue weighted by molar-refractivity contribution is 0.0781. The fraction of sp³-hybridized carbons (Fsp3) is 0.360. The summed E-state index contributed by atoms with van der Waals surface area (Å²) in [7, 11) is 1.90. The number of hydrogen-bond donors (Lipinski definition) is 2. The van der Waals surface area contributed by atoms with Gasteiger partial charge in [-0.2, -0.15) is 4.98 Å². The quantitative estimate of drug-likeness (QED) is 0.462. The average Bonchev–Trinajstić information content (AvgIpc) is 3.31. The highest BCUT2D eigenvalue weighted by Gasteiger charge is 2.23. The molecule has 1 atom stereocenters. The Kier molecular flexibility index (Phi) is 5.80. The number of hydrogen-bond acceptors (Lipinski definition) is 6. The smallest absolute Gasteiger partial charge is 0.252 e. The highest BCUT2D eigenvalue weighted by Crippen LogP contribution is 2.31. The molecule has 2 aromatic heterocycles. The Labute approximate surface area is 192 Å². The molecule has 2 aromatic carbocycles. The largest absolute Gasteiger partial charge is 0.390 e. The lowest BCUT2D eigenvalue weighted by Crippen LogP contribution is -2.27. The highest BCUT2D eigenvalue weighted by molar-refractivity contribution is 6.02. The van der Waals surface area contributed by atoms with Crippen LogP contribution in [0.5, 0.6) is 0 Å². The van der Waals surface area contributed by atoms with E-state index in [-0.39, 0.29) is 5.91 Å². The maximum Gasteiger partial charge on any atom is 0.252 e. The van der Waals surface area contributed by atoms with Gasteiger partial charge in [0.2, 0.25) is 5.89 Å². The molecule has 0 spiro atoms. The van der Waals surface area contributed by atoms with Crippen molar-refractivity contribution in [3.63, 3.8) is 0 Å². The van der Waals surface area contributed by atoms with E-state index in [4.69, 9.17) is 9.51 Å². The number of aryl methyl sites for hydroxylation is 3. The molecule has 4 rings (SSSR count). The fourth-order valence-electron chi connectivity index (χ4n) is 3.80. The molecule has 0 radical (unpaired) electrons. The summed E-state index contributed by atoms with van der Waals surface area (Å²) in [6, 6.07) is 11.4. The number of benzene rings is 2. The summed E-state index contributed by atoms with van der Waals surface area (Å²) >= 11 is 0.